The lowest BCUT2D eigenvalue weighted by Crippen LogP contribution is -2.52. The first-order valence-corrected chi connectivity index (χ1v) is 13.1. The Morgan fingerprint density at radius 3 is 2.39 bits per heavy atom. The van der Waals surface area contributed by atoms with E-state index in [0.29, 0.717) is 50.1 Å². The van der Waals surface area contributed by atoms with Gasteiger partial charge in [-0.05, 0) is 55.4 Å². The van der Waals surface area contributed by atoms with Crippen molar-refractivity contribution in [2.45, 2.75) is 62.3 Å². The van der Waals surface area contributed by atoms with Gasteiger partial charge in [0.05, 0.1) is 10.8 Å². The quantitative estimate of drug-likeness (QED) is 0.708. The average molecular weight is 446 g/mol. The maximum atomic E-state index is 13.1. The first kappa shape index (κ1) is 20.9. The van der Waals surface area contributed by atoms with Gasteiger partial charge in [-0.25, -0.2) is 8.42 Å². The number of hydrogen-bond acceptors (Lipinski definition) is 4. The van der Waals surface area contributed by atoms with Crippen molar-refractivity contribution in [2.24, 2.45) is 5.92 Å². The number of nitrogens with zero attached hydrogens (tertiary/aromatic N) is 3. The fraction of sp³-hybridized carbons (Fsp3) is 0.652. The number of piperazine rings is 1. The van der Waals surface area contributed by atoms with Crippen LogP contribution in [0.4, 0.5) is 0 Å². The molecule has 0 aromatic heterocycles. The highest BCUT2D eigenvalue weighted by molar-refractivity contribution is 7.89. The second kappa shape index (κ2) is 8.20. The van der Waals surface area contributed by atoms with Gasteiger partial charge in [-0.15, -0.1) is 0 Å². The number of rotatable bonds is 4. The lowest BCUT2D eigenvalue weighted by molar-refractivity contribution is -0.137. The Kier molecular flexibility index (Phi) is 5.54. The summed E-state index contributed by atoms with van der Waals surface area (Å²) in [4.78, 5) is 29.5. The van der Waals surface area contributed by atoms with Gasteiger partial charge in [-0.3, -0.25) is 9.59 Å². The summed E-state index contributed by atoms with van der Waals surface area (Å²) >= 11 is 0. The van der Waals surface area contributed by atoms with Crippen LogP contribution in [0.15, 0.2) is 23.1 Å². The van der Waals surface area contributed by atoms with Gasteiger partial charge in [0.25, 0.3) is 0 Å². The molecule has 8 heteroatoms. The number of fused-ring (bicyclic) bond motifs is 1. The smallest absolute Gasteiger partial charge is 0.243 e. The van der Waals surface area contributed by atoms with Crippen LogP contribution in [0.3, 0.4) is 0 Å². The molecule has 0 unspecified atom stereocenters. The van der Waals surface area contributed by atoms with Crippen molar-refractivity contribution in [1.82, 2.24) is 14.1 Å². The Labute approximate surface area is 184 Å². The van der Waals surface area contributed by atoms with Gasteiger partial charge in [0.15, 0.2) is 0 Å². The van der Waals surface area contributed by atoms with Crippen LogP contribution in [-0.4, -0.2) is 73.1 Å². The van der Waals surface area contributed by atoms with Crippen LogP contribution >= 0.6 is 0 Å². The third-order valence-electron chi connectivity index (χ3n) is 7.53. The molecule has 3 fully saturated rings. The molecule has 1 aromatic rings. The molecule has 0 radical (unpaired) electrons. The molecule has 1 aromatic carbocycles. The molecule has 4 aliphatic rings. The van der Waals surface area contributed by atoms with Crippen molar-refractivity contribution in [3.63, 3.8) is 0 Å². The summed E-state index contributed by atoms with van der Waals surface area (Å²) < 4.78 is 27.7. The zero-order valence-corrected chi connectivity index (χ0v) is 18.8. The fourth-order valence-corrected chi connectivity index (χ4v) is 7.20. The Morgan fingerprint density at radius 1 is 0.935 bits per heavy atom. The van der Waals surface area contributed by atoms with E-state index >= 15 is 0 Å². The van der Waals surface area contributed by atoms with Crippen molar-refractivity contribution in [3.05, 3.63) is 29.3 Å². The number of aryl methyl sites for hydroxylation is 2. The highest BCUT2D eigenvalue weighted by Gasteiger charge is 2.41. The number of sulfonamides is 1. The molecule has 2 heterocycles. The van der Waals surface area contributed by atoms with Gasteiger partial charge in [0.2, 0.25) is 21.8 Å². The molecule has 7 nitrogen and oxygen atoms in total. The molecule has 2 saturated heterocycles. The molecule has 168 valence electrons. The van der Waals surface area contributed by atoms with Crippen LogP contribution < -0.4 is 0 Å². The molecule has 31 heavy (non-hydrogen) atoms. The molecule has 5 rings (SSSR count). The first-order valence-electron chi connectivity index (χ1n) is 11.6. The Hall–Kier alpha value is -1.93. The van der Waals surface area contributed by atoms with E-state index in [1.54, 1.807) is 11.0 Å². The maximum absolute atomic E-state index is 13.1. The number of benzene rings is 1. The summed E-state index contributed by atoms with van der Waals surface area (Å²) in [5.74, 6) is -0.181. The van der Waals surface area contributed by atoms with Gasteiger partial charge < -0.3 is 9.80 Å². The third-order valence-corrected chi connectivity index (χ3v) is 9.43. The van der Waals surface area contributed by atoms with Crippen LogP contribution in [0.1, 0.15) is 49.7 Å². The molecular formula is C23H31N3O4S. The van der Waals surface area contributed by atoms with Gasteiger partial charge >= 0.3 is 0 Å². The van der Waals surface area contributed by atoms with E-state index in [2.05, 4.69) is 0 Å². The summed E-state index contributed by atoms with van der Waals surface area (Å²) in [5, 5.41) is 0. The van der Waals surface area contributed by atoms with E-state index < -0.39 is 10.0 Å². The molecule has 2 amide bonds. The lowest BCUT2D eigenvalue weighted by Gasteiger charge is -2.35. The van der Waals surface area contributed by atoms with Crippen LogP contribution in [0.5, 0.6) is 0 Å². The molecular weight excluding hydrogens is 414 g/mol. The van der Waals surface area contributed by atoms with E-state index in [4.69, 9.17) is 0 Å². The Morgan fingerprint density at radius 2 is 1.65 bits per heavy atom. The predicted octanol–water partition coefficient (Wildman–Crippen LogP) is 1.80. The maximum Gasteiger partial charge on any atom is 0.243 e. The van der Waals surface area contributed by atoms with Gasteiger partial charge in [0.1, 0.15) is 0 Å². The standard InChI is InChI=1S/C23H31N3O4S/c27-22-15-19(16-26(22)20-6-1-2-7-20)23(28)24-10-12-25(13-11-24)31(29,30)21-9-8-17-4-3-5-18(17)14-21/h8-9,14,19-20H,1-7,10-13,15-16H2/t19-/m1/s1. The summed E-state index contributed by atoms with van der Waals surface area (Å²) in [7, 11) is -3.55. The number of likely N-dealkylation sites (tertiary alicyclic amines) is 1. The van der Waals surface area contributed by atoms with Crippen molar-refractivity contribution >= 4 is 21.8 Å². The average Bonchev–Trinajstić information content (AvgIpc) is 3.53. The molecule has 0 N–H and O–H groups in total. The molecule has 0 bridgehead atoms. The van der Waals surface area contributed by atoms with Crippen molar-refractivity contribution in [2.75, 3.05) is 32.7 Å². The van der Waals surface area contributed by atoms with Gasteiger partial charge in [-0.1, -0.05) is 18.9 Å². The summed E-state index contributed by atoms with van der Waals surface area (Å²) in [5.41, 5.74) is 2.40. The minimum Gasteiger partial charge on any atom is -0.340 e. The highest BCUT2D eigenvalue weighted by Crippen LogP contribution is 2.31. The minimum atomic E-state index is -3.55. The number of carbonyl (C=O) groups excluding carboxylic acids is 2. The fourth-order valence-electron chi connectivity index (χ4n) is 5.73. The predicted molar refractivity (Wildman–Crippen MR) is 116 cm³/mol. The zero-order valence-electron chi connectivity index (χ0n) is 18.0. The Balaban J connectivity index is 1.20. The van der Waals surface area contributed by atoms with Gasteiger partial charge in [0, 0.05) is 45.2 Å². The normalized spacial score (nSPS) is 25.4. The van der Waals surface area contributed by atoms with Crippen LogP contribution in [-0.2, 0) is 32.5 Å². The van der Waals surface area contributed by atoms with E-state index in [-0.39, 0.29) is 17.7 Å². The van der Waals surface area contributed by atoms with Crippen molar-refractivity contribution in [1.29, 1.82) is 0 Å². The van der Waals surface area contributed by atoms with Crippen LogP contribution in [0, 0.1) is 5.92 Å². The number of amides is 2. The first-order chi connectivity index (χ1) is 14.9. The number of carbonyl (C=O) groups is 2. The van der Waals surface area contributed by atoms with Crippen molar-refractivity contribution < 1.29 is 18.0 Å². The largest absolute Gasteiger partial charge is 0.340 e. The minimum absolute atomic E-state index is 0.00317. The van der Waals surface area contributed by atoms with E-state index in [1.165, 1.54) is 9.87 Å². The molecule has 2 aliphatic heterocycles. The molecule has 1 atom stereocenters. The second-order valence-corrected chi connectivity index (χ2v) is 11.3. The highest BCUT2D eigenvalue weighted by atomic mass is 32.2. The molecule has 0 spiro atoms. The van der Waals surface area contributed by atoms with Crippen LogP contribution in [0.25, 0.3) is 0 Å². The van der Waals surface area contributed by atoms with E-state index in [9.17, 15) is 18.0 Å². The SMILES string of the molecule is O=C([C@@H]1CC(=O)N(C2CCCC2)C1)N1CCN(S(=O)(=O)c2ccc3c(c2)CCC3)CC1. The van der Waals surface area contributed by atoms with Crippen molar-refractivity contribution in [3.8, 4) is 0 Å². The zero-order chi connectivity index (χ0) is 21.6. The topological polar surface area (TPSA) is 78.0 Å². The summed E-state index contributed by atoms with van der Waals surface area (Å²) in [6, 6.07) is 5.80. The lowest BCUT2D eigenvalue weighted by atomic mass is 10.1. The monoisotopic (exact) mass is 445 g/mol. The van der Waals surface area contributed by atoms with Crippen LogP contribution in [0.2, 0.25) is 0 Å². The number of hydrogen-bond donors (Lipinski definition) is 0. The summed E-state index contributed by atoms with van der Waals surface area (Å²) in [6.45, 7) is 1.90. The molecule has 2 aliphatic carbocycles. The summed E-state index contributed by atoms with van der Waals surface area (Å²) in [6.07, 6.45) is 7.76. The van der Waals surface area contributed by atoms with Gasteiger partial charge in [-0.2, -0.15) is 4.31 Å². The molecule has 1 saturated carbocycles. The van der Waals surface area contributed by atoms with E-state index in [0.717, 1.165) is 50.5 Å². The third kappa shape index (κ3) is 3.89. The second-order valence-electron chi connectivity index (χ2n) is 9.40. The Bertz CT molecular complexity index is 979. The van der Waals surface area contributed by atoms with E-state index in [1.807, 2.05) is 17.0 Å².